The van der Waals surface area contributed by atoms with Gasteiger partial charge in [-0.15, -0.1) is 0 Å². The number of aromatic nitrogens is 2. The molecule has 0 aliphatic heterocycles. The van der Waals surface area contributed by atoms with Crippen molar-refractivity contribution in [1.29, 1.82) is 0 Å². The topological polar surface area (TPSA) is 76.1 Å². The van der Waals surface area contributed by atoms with Crippen LogP contribution in [0.4, 0.5) is 34.0 Å². The van der Waals surface area contributed by atoms with Gasteiger partial charge in [0.15, 0.2) is 11.4 Å². The van der Waals surface area contributed by atoms with E-state index >= 15 is 0 Å². The lowest BCUT2D eigenvalue weighted by molar-refractivity contribution is -0.142. The number of alkyl halides is 3. The second kappa shape index (κ2) is 8.17. The highest BCUT2D eigenvalue weighted by atomic mass is 35.5. The molecule has 1 amide bonds. The van der Waals surface area contributed by atoms with Gasteiger partial charge in [0.1, 0.15) is 5.82 Å². The third-order valence-electron chi connectivity index (χ3n) is 4.16. The van der Waals surface area contributed by atoms with E-state index in [1.807, 2.05) is 0 Å². The molecule has 0 spiro atoms. The van der Waals surface area contributed by atoms with Crippen LogP contribution in [0.2, 0.25) is 5.02 Å². The molecule has 28 heavy (non-hydrogen) atoms. The minimum absolute atomic E-state index is 0.122. The first kappa shape index (κ1) is 20.1. The standard InChI is InChI=1S/C17H15ClF4N4O2/c18-10-4-5-12(11(19)6-10)25-15-23-8-13(14(26-15)17(20,21)22)28-16(27)24-7-9-2-1-3-9/h4-6,8-9H,1-3,7H2,(H,24,27)(H,23,25,26). The monoisotopic (exact) mass is 418 g/mol. The van der Waals surface area contributed by atoms with E-state index in [4.69, 9.17) is 16.3 Å². The Kier molecular flexibility index (Phi) is 5.87. The zero-order chi connectivity index (χ0) is 20.3. The van der Waals surface area contributed by atoms with Crippen LogP contribution in [0.1, 0.15) is 25.0 Å². The van der Waals surface area contributed by atoms with E-state index < -0.39 is 35.5 Å². The van der Waals surface area contributed by atoms with Gasteiger partial charge < -0.3 is 15.4 Å². The molecule has 0 radical (unpaired) electrons. The number of halogens is 5. The fourth-order valence-corrected chi connectivity index (χ4v) is 2.64. The van der Waals surface area contributed by atoms with Crippen LogP contribution in [0.15, 0.2) is 24.4 Å². The first-order valence-corrected chi connectivity index (χ1v) is 8.72. The molecule has 1 heterocycles. The highest BCUT2D eigenvalue weighted by Crippen LogP contribution is 2.35. The summed E-state index contributed by atoms with van der Waals surface area (Å²) in [5.41, 5.74) is -1.62. The summed E-state index contributed by atoms with van der Waals surface area (Å²) in [5.74, 6) is -1.84. The van der Waals surface area contributed by atoms with E-state index in [9.17, 15) is 22.4 Å². The smallest absolute Gasteiger partial charge is 0.406 e. The molecule has 6 nitrogen and oxygen atoms in total. The maximum absolute atomic E-state index is 13.8. The fourth-order valence-electron chi connectivity index (χ4n) is 2.48. The van der Waals surface area contributed by atoms with Gasteiger partial charge in [-0.05, 0) is 37.0 Å². The number of hydrogen-bond donors (Lipinski definition) is 2. The van der Waals surface area contributed by atoms with E-state index in [2.05, 4.69) is 20.6 Å². The van der Waals surface area contributed by atoms with Gasteiger partial charge in [-0.25, -0.2) is 19.2 Å². The number of nitrogens with one attached hydrogen (secondary N) is 2. The zero-order valence-corrected chi connectivity index (χ0v) is 15.1. The Hall–Kier alpha value is -2.62. The number of nitrogens with zero attached hydrogens (tertiary/aromatic N) is 2. The van der Waals surface area contributed by atoms with Gasteiger partial charge >= 0.3 is 12.3 Å². The van der Waals surface area contributed by atoms with Gasteiger partial charge in [-0.3, -0.25) is 0 Å². The predicted octanol–water partition coefficient (Wildman–Crippen LogP) is 4.92. The van der Waals surface area contributed by atoms with Gasteiger partial charge in [-0.2, -0.15) is 13.2 Å². The third-order valence-corrected chi connectivity index (χ3v) is 4.40. The summed E-state index contributed by atoms with van der Waals surface area (Å²) in [6.45, 7) is 0.330. The second-order valence-electron chi connectivity index (χ2n) is 6.22. The highest BCUT2D eigenvalue weighted by Gasteiger charge is 2.38. The number of anilines is 2. The summed E-state index contributed by atoms with van der Waals surface area (Å²) < 4.78 is 58.4. The molecule has 150 valence electrons. The number of benzene rings is 1. The van der Waals surface area contributed by atoms with Crippen LogP contribution in [-0.4, -0.2) is 22.6 Å². The van der Waals surface area contributed by atoms with Crippen LogP contribution in [0, 0.1) is 11.7 Å². The molecule has 3 rings (SSSR count). The van der Waals surface area contributed by atoms with Crippen molar-refractivity contribution in [2.75, 3.05) is 11.9 Å². The molecule has 0 saturated heterocycles. The van der Waals surface area contributed by atoms with E-state index in [0.29, 0.717) is 18.7 Å². The maximum atomic E-state index is 13.8. The lowest BCUT2D eigenvalue weighted by Gasteiger charge is -2.25. The van der Waals surface area contributed by atoms with E-state index in [1.54, 1.807) is 0 Å². The quantitative estimate of drug-likeness (QED) is 0.674. The summed E-state index contributed by atoms with van der Waals surface area (Å²) >= 11 is 5.63. The van der Waals surface area contributed by atoms with Crippen LogP contribution < -0.4 is 15.4 Å². The molecule has 0 atom stereocenters. The molecule has 1 aromatic heterocycles. The number of ether oxygens (including phenoxy) is 1. The highest BCUT2D eigenvalue weighted by molar-refractivity contribution is 6.30. The van der Waals surface area contributed by atoms with Crippen LogP contribution in [0.25, 0.3) is 0 Å². The molecule has 2 aromatic rings. The molecule has 0 bridgehead atoms. The summed E-state index contributed by atoms with van der Waals surface area (Å²) in [6, 6.07) is 3.56. The van der Waals surface area contributed by atoms with Gasteiger partial charge in [0, 0.05) is 11.6 Å². The Morgan fingerprint density at radius 1 is 1.32 bits per heavy atom. The van der Waals surface area contributed by atoms with E-state index in [-0.39, 0.29) is 10.7 Å². The SMILES string of the molecule is O=C(NCC1CCC1)Oc1cnc(Nc2ccc(Cl)cc2F)nc1C(F)(F)F. The first-order chi connectivity index (χ1) is 13.2. The normalized spacial score (nSPS) is 14.3. The number of carbonyl (C=O) groups is 1. The Balaban J connectivity index is 1.76. The largest absolute Gasteiger partial charge is 0.437 e. The van der Waals surface area contributed by atoms with Crippen molar-refractivity contribution < 1.29 is 27.1 Å². The lowest BCUT2D eigenvalue weighted by Crippen LogP contribution is -2.34. The molecule has 11 heteroatoms. The number of rotatable bonds is 5. The van der Waals surface area contributed by atoms with E-state index in [0.717, 1.165) is 25.3 Å². The average molecular weight is 419 g/mol. The van der Waals surface area contributed by atoms with Gasteiger partial charge in [-0.1, -0.05) is 18.0 Å². The molecule has 1 aromatic carbocycles. The molecule has 0 unspecified atom stereocenters. The van der Waals surface area contributed by atoms with Crippen molar-refractivity contribution in [1.82, 2.24) is 15.3 Å². The number of hydrogen-bond acceptors (Lipinski definition) is 5. The van der Waals surface area contributed by atoms with Crippen molar-refractivity contribution in [2.45, 2.75) is 25.4 Å². The predicted molar refractivity (Wildman–Crippen MR) is 93.1 cm³/mol. The molecule has 2 N–H and O–H groups in total. The molecule has 1 aliphatic carbocycles. The molecule has 1 saturated carbocycles. The summed E-state index contributed by atoms with van der Waals surface area (Å²) in [6.07, 6.45) is -2.25. The summed E-state index contributed by atoms with van der Waals surface area (Å²) in [7, 11) is 0. The Bertz CT molecular complexity index is 875. The molecular weight excluding hydrogens is 404 g/mol. The second-order valence-corrected chi connectivity index (χ2v) is 6.66. The minimum atomic E-state index is -4.92. The molecule has 1 fully saturated rings. The fraction of sp³-hybridized carbons (Fsp3) is 0.353. The van der Waals surface area contributed by atoms with Crippen molar-refractivity contribution in [3.05, 3.63) is 40.9 Å². The minimum Gasteiger partial charge on any atom is -0.406 e. The van der Waals surface area contributed by atoms with Crippen molar-refractivity contribution in [3.63, 3.8) is 0 Å². The van der Waals surface area contributed by atoms with Gasteiger partial charge in [0.05, 0.1) is 11.9 Å². The maximum Gasteiger partial charge on any atom is 0.437 e. The van der Waals surface area contributed by atoms with Crippen LogP contribution in [0.5, 0.6) is 5.75 Å². The number of amides is 1. The van der Waals surface area contributed by atoms with Crippen LogP contribution in [0.3, 0.4) is 0 Å². The average Bonchev–Trinajstić information content (AvgIpc) is 2.56. The van der Waals surface area contributed by atoms with Crippen molar-refractivity contribution in [3.8, 4) is 5.75 Å². The third kappa shape index (κ3) is 5.00. The Labute approximate surface area is 162 Å². The summed E-state index contributed by atoms with van der Waals surface area (Å²) in [4.78, 5) is 18.7. The Morgan fingerprint density at radius 2 is 2.07 bits per heavy atom. The number of carbonyl (C=O) groups excluding carboxylic acids is 1. The van der Waals surface area contributed by atoms with Crippen molar-refractivity contribution in [2.24, 2.45) is 5.92 Å². The van der Waals surface area contributed by atoms with Crippen LogP contribution in [-0.2, 0) is 6.18 Å². The van der Waals surface area contributed by atoms with E-state index in [1.165, 1.54) is 12.1 Å². The van der Waals surface area contributed by atoms with Crippen LogP contribution >= 0.6 is 11.6 Å². The summed E-state index contributed by atoms with van der Waals surface area (Å²) in [5, 5.41) is 4.87. The lowest BCUT2D eigenvalue weighted by atomic mass is 9.85. The zero-order valence-electron chi connectivity index (χ0n) is 14.3. The first-order valence-electron chi connectivity index (χ1n) is 8.34. The van der Waals surface area contributed by atoms with Gasteiger partial charge in [0.2, 0.25) is 5.95 Å². The molecular formula is C17H15ClF4N4O2. The molecule has 1 aliphatic rings. The Morgan fingerprint density at radius 3 is 2.68 bits per heavy atom. The van der Waals surface area contributed by atoms with Crippen molar-refractivity contribution >= 4 is 29.3 Å². The van der Waals surface area contributed by atoms with Gasteiger partial charge in [0.25, 0.3) is 0 Å².